The molecule has 1 amide bonds. The molecule has 1 N–H and O–H groups in total. The third-order valence-electron chi connectivity index (χ3n) is 3.43. The van der Waals surface area contributed by atoms with Crippen molar-refractivity contribution in [2.75, 3.05) is 6.54 Å². The second kappa shape index (κ2) is 7.28. The fourth-order valence-electron chi connectivity index (χ4n) is 2.12. The van der Waals surface area contributed by atoms with Crippen LogP contribution in [0.4, 0.5) is 0 Å². The molecule has 0 aliphatic heterocycles. The average molecular weight is 389 g/mol. The number of aromatic nitrogens is 4. The lowest BCUT2D eigenvalue weighted by Crippen LogP contribution is -2.34. The van der Waals surface area contributed by atoms with Gasteiger partial charge in [-0.15, -0.1) is 0 Å². The van der Waals surface area contributed by atoms with E-state index in [9.17, 15) is 4.79 Å². The van der Waals surface area contributed by atoms with Crippen molar-refractivity contribution in [3.8, 4) is 0 Å². The molecular weight excluding hydrogens is 370 g/mol. The molecule has 1 unspecified atom stereocenters. The van der Waals surface area contributed by atoms with Crippen LogP contribution in [-0.2, 0) is 17.9 Å². The van der Waals surface area contributed by atoms with Gasteiger partial charge < -0.3 is 5.32 Å². The number of amides is 1. The molecule has 0 bridgehead atoms. The van der Waals surface area contributed by atoms with Gasteiger partial charge >= 0.3 is 0 Å². The predicted octanol–water partition coefficient (Wildman–Crippen LogP) is 2.56. The highest BCUT2D eigenvalue weighted by Crippen LogP contribution is 2.19. The molecule has 8 heteroatoms. The van der Waals surface area contributed by atoms with Crippen molar-refractivity contribution >= 4 is 33.4 Å². The van der Waals surface area contributed by atoms with Crippen molar-refractivity contribution in [3.63, 3.8) is 0 Å². The summed E-state index contributed by atoms with van der Waals surface area (Å²) in [4.78, 5) is 12.1. The lowest BCUT2D eigenvalue weighted by Gasteiger charge is -2.13. The molecule has 0 aliphatic carbocycles. The zero-order valence-corrected chi connectivity index (χ0v) is 15.1. The van der Waals surface area contributed by atoms with Crippen LogP contribution in [0.3, 0.4) is 0 Å². The summed E-state index contributed by atoms with van der Waals surface area (Å²) in [6.07, 6.45) is 3.59. The van der Waals surface area contributed by atoms with Gasteiger partial charge in [0.15, 0.2) is 0 Å². The zero-order chi connectivity index (χ0) is 16.3. The minimum atomic E-state index is -0.182. The Morgan fingerprint density at radius 3 is 2.77 bits per heavy atom. The van der Waals surface area contributed by atoms with E-state index in [0.717, 1.165) is 15.9 Å². The molecule has 2 aromatic heterocycles. The fraction of sp³-hybridized carbons (Fsp3) is 0.500. The lowest BCUT2D eigenvalue weighted by atomic mass is 10.1. The van der Waals surface area contributed by atoms with Crippen LogP contribution >= 0.6 is 27.5 Å². The lowest BCUT2D eigenvalue weighted by molar-refractivity contribution is -0.125. The van der Waals surface area contributed by atoms with Gasteiger partial charge in [-0.1, -0.05) is 18.5 Å². The van der Waals surface area contributed by atoms with Crippen molar-refractivity contribution in [2.24, 2.45) is 5.92 Å². The fourth-order valence-corrected chi connectivity index (χ4v) is 2.59. The van der Waals surface area contributed by atoms with Gasteiger partial charge in [0, 0.05) is 12.7 Å². The number of carbonyl (C=O) groups excluding carboxylic acids is 1. The van der Waals surface area contributed by atoms with Crippen LogP contribution in [0.2, 0.25) is 5.02 Å². The molecule has 2 rings (SSSR count). The second-order valence-electron chi connectivity index (χ2n) is 5.28. The molecule has 120 valence electrons. The molecule has 0 radical (unpaired) electrons. The summed E-state index contributed by atoms with van der Waals surface area (Å²) in [5.74, 6) is -0.187. The normalized spacial score (nSPS) is 12.4. The Kier molecular flexibility index (Phi) is 5.63. The van der Waals surface area contributed by atoms with Crippen LogP contribution < -0.4 is 5.32 Å². The van der Waals surface area contributed by atoms with Crippen molar-refractivity contribution < 1.29 is 4.79 Å². The van der Waals surface area contributed by atoms with Crippen LogP contribution in [-0.4, -0.2) is 32.0 Å². The highest BCUT2D eigenvalue weighted by Gasteiger charge is 2.17. The number of halogens is 2. The number of nitrogens with zero attached hydrogens (tertiary/aromatic N) is 4. The maximum Gasteiger partial charge on any atom is 0.224 e. The van der Waals surface area contributed by atoms with Gasteiger partial charge in [0.1, 0.15) is 0 Å². The van der Waals surface area contributed by atoms with Gasteiger partial charge in [-0.3, -0.25) is 14.2 Å². The number of hydrogen-bond donors (Lipinski definition) is 1. The Morgan fingerprint density at radius 2 is 2.23 bits per heavy atom. The minimum Gasteiger partial charge on any atom is -0.354 e. The van der Waals surface area contributed by atoms with Crippen molar-refractivity contribution in [1.82, 2.24) is 24.9 Å². The number of hydrogen-bond acceptors (Lipinski definition) is 3. The third-order valence-corrected chi connectivity index (χ3v) is 4.39. The Balaban J connectivity index is 1.82. The topological polar surface area (TPSA) is 64.7 Å². The van der Waals surface area contributed by atoms with E-state index in [0.29, 0.717) is 24.7 Å². The van der Waals surface area contributed by atoms with Crippen molar-refractivity contribution in [3.05, 3.63) is 33.3 Å². The van der Waals surface area contributed by atoms with E-state index < -0.39 is 0 Å². The first-order chi connectivity index (χ1) is 10.4. The molecule has 6 nitrogen and oxygen atoms in total. The largest absolute Gasteiger partial charge is 0.354 e. The summed E-state index contributed by atoms with van der Waals surface area (Å²) in [5, 5.41) is 12.1. The van der Waals surface area contributed by atoms with Crippen LogP contribution in [0.15, 0.2) is 16.9 Å². The van der Waals surface area contributed by atoms with Crippen LogP contribution in [0.25, 0.3) is 0 Å². The molecule has 0 saturated carbocycles. The summed E-state index contributed by atoms with van der Waals surface area (Å²) in [6, 6.07) is 0. The number of aryl methyl sites for hydroxylation is 1. The Hall–Kier alpha value is -1.34. The standard InChI is InChI=1S/C14H19BrClN5O/c1-9(7-21-11(3)13(16)10(2)19-21)14(22)17-4-5-20-8-12(15)6-18-20/h6,8-9H,4-5,7H2,1-3H3,(H,17,22). The molecule has 0 aliphatic rings. The van der Waals surface area contributed by atoms with E-state index in [4.69, 9.17) is 11.6 Å². The molecule has 2 heterocycles. The summed E-state index contributed by atoms with van der Waals surface area (Å²) in [5.41, 5.74) is 1.68. The van der Waals surface area contributed by atoms with Gasteiger partial charge in [-0.2, -0.15) is 10.2 Å². The van der Waals surface area contributed by atoms with E-state index >= 15 is 0 Å². The van der Waals surface area contributed by atoms with Gasteiger partial charge in [-0.25, -0.2) is 0 Å². The molecule has 2 aromatic rings. The van der Waals surface area contributed by atoms with Crippen LogP contribution in [0, 0.1) is 19.8 Å². The summed E-state index contributed by atoms with van der Waals surface area (Å²) in [7, 11) is 0. The van der Waals surface area contributed by atoms with Gasteiger partial charge in [0.05, 0.1) is 46.1 Å². The zero-order valence-electron chi connectivity index (χ0n) is 12.8. The first-order valence-electron chi connectivity index (χ1n) is 7.03. The first-order valence-corrected chi connectivity index (χ1v) is 8.20. The minimum absolute atomic E-state index is 0.00472. The number of rotatable bonds is 6. The first kappa shape index (κ1) is 17.0. The summed E-state index contributed by atoms with van der Waals surface area (Å²) < 4.78 is 4.48. The maximum atomic E-state index is 12.1. The highest BCUT2D eigenvalue weighted by molar-refractivity contribution is 9.10. The molecular formula is C14H19BrClN5O. The van der Waals surface area contributed by atoms with E-state index in [1.165, 1.54) is 0 Å². The van der Waals surface area contributed by atoms with Crippen molar-refractivity contribution in [1.29, 1.82) is 0 Å². The second-order valence-corrected chi connectivity index (χ2v) is 6.57. The highest BCUT2D eigenvalue weighted by atomic mass is 79.9. The Morgan fingerprint density at radius 1 is 1.50 bits per heavy atom. The van der Waals surface area contributed by atoms with E-state index in [2.05, 4.69) is 31.4 Å². The molecule has 22 heavy (non-hydrogen) atoms. The third kappa shape index (κ3) is 4.10. The Labute approximate surface area is 143 Å². The SMILES string of the molecule is Cc1nn(CC(C)C(=O)NCCn2cc(Br)cn2)c(C)c1Cl. The molecule has 0 saturated heterocycles. The average Bonchev–Trinajstić information content (AvgIpc) is 2.98. The van der Waals surface area contributed by atoms with E-state index in [-0.39, 0.29) is 11.8 Å². The van der Waals surface area contributed by atoms with Gasteiger partial charge in [0.2, 0.25) is 5.91 Å². The molecule has 0 spiro atoms. The van der Waals surface area contributed by atoms with Crippen LogP contribution in [0.1, 0.15) is 18.3 Å². The number of carbonyl (C=O) groups is 1. The van der Waals surface area contributed by atoms with Gasteiger partial charge in [-0.05, 0) is 29.8 Å². The Bertz CT molecular complexity index is 666. The van der Waals surface area contributed by atoms with Gasteiger partial charge in [0.25, 0.3) is 0 Å². The smallest absolute Gasteiger partial charge is 0.224 e. The monoisotopic (exact) mass is 387 g/mol. The number of nitrogens with one attached hydrogen (secondary N) is 1. The summed E-state index contributed by atoms with van der Waals surface area (Å²) in [6.45, 7) is 7.33. The maximum absolute atomic E-state index is 12.1. The summed E-state index contributed by atoms with van der Waals surface area (Å²) >= 11 is 9.45. The van der Waals surface area contributed by atoms with E-state index in [1.807, 2.05) is 27.0 Å². The van der Waals surface area contributed by atoms with Crippen molar-refractivity contribution in [2.45, 2.75) is 33.9 Å². The molecule has 0 fully saturated rings. The predicted molar refractivity (Wildman–Crippen MR) is 88.8 cm³/mol. The molecule has 0 aromatic carbocycles. The van der Waals surface area contributed by atoms with E-state index in [1.54, 1.807) is 15.6 Å². The quantitative estimate of drug-likeness (QED) is 0.827. The van der Waals surface area contributed by atoms with Crippen LogP contribution in [0.5, 0.6) is 0 Å². The molecule has 1 atom stereocenters.